The van der Waals surface area contributed by atoms with Gasteiger partial charge in [0.05, 0.1) is 16.9 Å². The van der Waals surface area contributed by atoms with E-state index in [9.17, 15) is 4.79 Å². The fourth-order valence-corrected chi connectivity index (χ4v) is 3.10. The number of H-pyrrole nitrogens is 1. The zero-order valence-electron chi connectivity index (χ0n) is 13.7. The number of hydrogen-bond acceptors (Lipinski definition) is 3. The van der Waals surface area contributed by atoms with Gasteiger partial charge in [0.2, 0.25) is 0 Å². The van der Waals surface area contributed by atoms with Crippen LogP contribution in [0.1, 0.15) is 43.7 Å². The molecular weight excluding hydrogens is 366 g/mol. The summed E-state index contributed by atoms with van der Waals surface area (Å²) >= 11 is 3.46. The zero-order chi connectivity index (χ0) is 17.1. The Morgan fingerprint density at radius 2 is 1.88 bits per heavy atom. The molecule has 0 aliphatic heterocycles. The predicted molar refractivity (Wildman–Crippen MR) is 101 cm³/mol. The van der Waals surface area contributed by atoms with Crippen LogP contribution in [0.15, 0.2) is 57.8 Å². The molecular formula is C19H20BrN3O. The third-order valence-corrected chi connectivity index (χ3v) is 4.70. The highest BCUT2D eigenvalue weighted by molar-refractivity contribution is 9.10. The quantitative estimate of drug-likeness (QED) is 0.680. The first-order chi connectivity index (χ1) is 11.6. The van der Waals surface area contributed by atoms with Gasteiger partial charge >= 0.3 is 0 Å². The lowest BCUT2D eigenvalue weighted by Crippen LogP contribution is -2.27. The van der Waals surface area contributed by atoms with Gasteiger partial charge in [-0.05, 0) is 43.2 Å². The summed E-state index contributed by atoms with van der Waals surface area (Å²) in [4.78, 5) is 19.7. The minimum absolute atomic E-state index is 0.0593. The Hall–Kier alpha value is -1.98. The van der Waals surface area contributed by atoms with Crippen molar-refractivity contribution in [2.24, 2.45) is 0 Å². The molecule has 3 aromatic rings. The van der Waals surface area contributed by atoms with Crippen molar-refractivity contribution >= 4 is 26.8 Å². The van der Waals surface area contributed by atoms with Crippen molar-refractivity contribution in [3.05, 3.63) is 74.7 Å². The first-order valence-corrected chi connectivity index (χ1v) is 8.88. The van der Waals surface area contributed by atoms with Crippen LogP contribution >= 0.6 is 15.9 Å². The monoisotopic (exact) mass is 385 g/mol. The molecule has 0 aliphatic carbocycles. The summed E-state index contributed by atoms with van der Waals surface area (Å²) in [5, 5.41) is 4.18. The molecule has 0 amide bonds. The first kappa shape index (κ1) is 16.9. The van der Waals surface area contributed by atoms with Crippen molar-refractivity contribution in [3.8, 4) is 0 Å². The highest BCUT2D eigenvalue weighted by Crippen LogP contribution is 2.22. The Kier molecular flexibility index (Phi) is 5.11. The molecule has 24 heavy (non-hydrogen) atoms. The van der Waals surface area contributed by atoms with E-state index in [-0.39, 0.29) is 17.6 Å². The largest absolute Gasteiger partial charge is 0.309 e. The number of aromatic nitrogens is 2. The number of benzene rings is 2. The van der Waals surface area contributed by atoms with Crippen LogP contribution in [-0.2, 0) is 0 Å². The predicted octanol–water partition coefficient (Wildman–Crippen LogP) is 4.49. The normalized spacial score (nSPS) is 13.8. The second-order valence-electron chi connectivity index (χ2n) is 5.87. The summed E-state index contributed by atoms with van der Waals surface area (Å²) in [6, 6.07) is 15.8. The lowest BCUT2D eigenvalue weighted by atomic mass is 10.0. The molecule has 1 aromatic heterocycles. The summed E-state index contributed by atoms with van der Waals surface area (Å²) in [5.41, 5.74) is 1.85. The smallest absolute Gasteiger partial charge is 0.258 e. The summed E-state index contributed by atoms with van der Waals surface area (Å²) in [6.45, 7) is 4.16. The number of para-hydroxylation sites is 1. The van der Waals surface area contributed by atoms with Gasteiger partial charge in [-0.25, -0.2) is 4.98 Å². The molecule has 4 nitrogen and oxygen atoms in total. The molecule has 0 aliphatic rings. The van der Waals surface area contributed by atoms with E-state index in [1.807, 2.05) is 37.3 Å². The highest BCUT2D eigenvalue weighted by atomic mass is 79.9. The molecule has 2 aromatic carbocycles. The van der Waals surface area contributed by atoms with Gasteiger partial charge in [-0.15, -0.1) is 0 Å². The van der Waals surface area contributed by atoms with Crippen LogP contribution in [0.4, 0.5) is 0 Å². The van der Waals surface area contributed by atoms with E-state index in [1.54, 1.807) is 6.07 Å². The fourth-order valence-electron chi connectivity index (χ4n) is 2.84. The molecule has 5 heteroatoms. The van der Waals surface area contributed by atoms with Crippen LogP contribution in [0.3, 0.4) is 0 Å². The van der Waals surface area contributed by atoms with Gasteiger partial charge in [0.25, 0.3) is 5.56 Å². The van der Waals surface area contributed by atoms with E-state index in [0.29, 0.717) is 11.2 Å². The number of hydrogen-bond donors (Lipinski definition) is 2. The van der Waals surface area contributed by atoms with Crippen LogP contribution in [-0.4, -0.2) is 9.97 Å². The molecule has 1 heterocycles. The maximum atomic E-state index is 12.2. The van der Waals surface area contributed by atoms with Crippen molar-refractivity contribution in [1.82, 2.24) is 15.3 Å². The number of nitrogens with one attached hydrogen (secondary N) is 2. The van der Waals surface area contributed by atoms with E-state index in [0.717, 1.165) is 16.4 Å². The number of nitrogens with zero attached hydrogens (tertiary/aromatic N) is 1. The number of fused-ring (bicyclic) bond motifs is 1. The highest BCUT2D eigenvalue weighted by Gasteiger charge is 2.16. The molecule has 0 saturated heterocycles. The first-order valence-electron chi connectivity index (χ1n) is 8.09. The van der Waals surface area contributed by atoms with Crippen LogP contribution in [0.5, 0.6) is 0 Å². The topological polar surface area (TPSA) is 57.8 Å². The Labute approximate surface area is 149 Å². The summed E-state index contributed by atoms with van der Waals surface area (Å²) in [5.74, 6) is 0.661. The van der Waals surface area contributed by atoms with Crippen molar-refractivity contribution in [2.75, 3.05) is 0 Å². The number of halogens is 1. The molecule has 0 bridgehead atoms. The van der Waals surface area contributed by atoms with Crippen molar-refractivity contribution in [1.29, 1.82) is 0 Å². The van der Waals surface area contributed by atoms with E-state index < -0.39 is 0 Å². The molecule has 0 radical (unpaired) electrons. The molecule has 2 atom stereocenters. The molecule has 3 rings (SSSR count). The van der Waals surface area contributed by atoms with Crippen LogP contribution in [0, 0.1) is 0 Å². The minimum atomic E-state index is -0.0964. The molecule has 0 unspecified atom stereocenters. The number of aromatic amines is 1. The van der Waals surface area contributed by atoms with Crippen molar-refractivity contribution in [3.63, 3.8) is 0 Å². The van der Waals surface area contributed by atoms with E-state index in [4.69, 9.17) is 0 Å². The van der Waals surface area contributed by atoms with Gasteiger partial charge in [-0.3, -0.25) is 4.79 Å². The summed E-state index contributed by atoms with van der Waals surface area (Å²) in [7, 11) is 0. The average molecular weight is 386 g/mol. The van der Waals surface area contributed by atoms with Gasteiger partial charge in [0.1, 0.15) is 5.82 Å². The Bertz CT molecular complexity index is 889. The van der Waals surface area contributed by atoms with Crippen LogP contribution in [0.25, 0.3) is 10.9 Å². The van der Waals surface area contributed by atoms with Gasteiger partial charge in [0, 0.05) is 10.5 Å². The maximum absolute atomic E-state index is 12.2. The molecule has 124 valence electrons. The van der Waals surface area contributed by atoms with Gasteiger partial charge in [0.15, 0.2) is 0 Å². The van der Waals surface area contributed by atoms with E-state index in [1.165, 1.54) is 5.56 Å². The fraction of sp³-hybridized carbons (Fsp3) is 0.263. The van der Waals surface area contributed by atoms with E-state index >= 15 is 0 Å². The standard InChI is InChI=1S/C19H20BrN3O/c1-3-16(13-8-10-14(20)11-9-13)21-12(2)18-22-17-7-5-4-6-15(17)19(24)23-18/h4-12,16,21H,3H2,1-2H3,(H,22,23,24)/t12-,16+/m0/s1. The second-order valence-corrected chi connectivity index (χ2v) is 6.78. The van der Waals surface area contributed by atoms with Gasteiger partial charge in [-0.2, -0.15) is 0 Å². The Morgan fingerprint density at radius 3 is 2.58 bits per heavy atom. The zero-order valence-corrected chi connectivity index (χ0v) is 15.3. The average Bonchev–Trinajstić information content (AvgIpc) is 2.60. The van der Waals surface area contributed by atoms with Crippen LogP contribution in [0.2, 0.25) is 0 Å². The van der Waals surface area contributed by atoms with Gasteiger partial charge in [-0.1, -0.05) is 47.1 Å². The lowest BCUT2D eigenvalue weighted by Gasteiger charge is -2.22. The maximum Gasteiger partial charge on any atom is 0.258 e. The van der Waals surface area contributed by atoms with E-state index in [2.05, 4.69) is 50.3 Å². The molecule has 0 spiro atoms. The Balaban J connectivity index is 1.86. The number of rotatable bonds is 5. The van der Waals surface area contributed by atoms with Crippen LogP contribution < -0.4 is 10.9 Å². The minimum Gasteiger partial charge on any atom is -0.309 e. The second kappa shape index (κ2) is 7.28. The third kappa shape index (κ3) is 3.57. The molecule has 0 saturated carbocycles. The SMILES string of the molecule is CC[C@@H](N[C@@H](C)c1nc2ccccc2c(=O)[nH]1)c1ccc(Br)cc1. The molecule has 2 N–H and O–H groups in total. The van der Waals surface area contributed by atoms with Crippen molar-refractivity contribution < 1.29 is 0 Å². The summed E-state index contributed by atoms with van der Waals surface area (Å²) < 4.78 is 1.06. The van der Waals surface area contributed by atoms with Gasteiger partial charge < -0.3 is 10.3 Å². The van der Waals surface area contributed by atoms with Crippen molar-refractivity contribution in [2.45, 2.75) is 32.4 Å². The Morgan fingerprint density at radius 1 is 1.17 bits per heavy atom. The third-order valence-electron chi connectivity index (χ3n) is 4.17. The lowest BCUT2D eigenvalue weighted by molar-refractivity contribution is 0.443. The molecule has 0 fully saturated rings. The summed E-state index contributed by atoms with van der Waals surface area (Å²) in [6.07, 6.45) is 0.948.